The Morgan fingerprint density at radius 3 is 2.69 bits per heavy atom. The summed E-state index contributed by atoms with van der Waals surface area (Å²) in [5, 5.41) is 5.61. The number of rotatable bonds is 7. The highest BCUT2D eigenvalue weighted by Crippen LogP contribution is 2.25. The van der Waals surface area contributed by atoms with Crippen LogP contribution in [0.2, 0.25) is 0 Å². The number of likely N-dealkylation sites (N-methyl/N-ethyl adjacent to an activating group) is 1. The third-order valence-electron chi connectivity index (χ3n) is 5.49. The lowest BCUT2D eigenvalue weighted by Crippen LogP contribution is -2.32. The molecule has 0 atom stereocenters. The van der Waals surface area contributed by atoms with Gasteiger partial charge in [0.25, 0.3) is 0 Å². The zero-order valence-electron chi connectivity index (χ0n) is 18.5. The molecule has 0 spiro atoms. The van der Waals surface area contributed by atoms with E-state index in [1.807, 2.05) is 19.1 Å². The van der Waals surface area contributed by atoms with E-state index in [0.29, 0.717) is 28.8 Å². The second-order valence-electron chi connectivity index (χ2n) is 7.77. The number of nitrogens with zero attached hydrogens (tertiary/aromatic N) is 7. The smallest absolute Gasteiger partial charge is 0.218 e. The first-order valence-corrected chi connectivity index (χ1v) is 10.7. The molecule has 3 aromatic heterocycles. The maximum atomic E-state index is 6.46. The van der Waals surface area contributed by atoms with Crippen LogP contribution in [0, 0.1) is 6.92 Å². The van der Waals surface area contributed by atoms with Gasteiger partial charge in [-0.1, -0.05) is 0 Å². The molecule has 0 aliphatic carbocycles. The number of pyridine rings is 1. The fourth-order valence-corrected chi connectivity index (χ4v) is 3.77. The number of ether oxygens (including phenoxy) is 1. The third kappa shape index (κ3) is 4.80. The van der Waals surface area contributed by atoms with Crippen molar-refractivity contribution in [3.63, 3.8) is 0 Å². The van der Waals surface area contributed by atoms with Crippen LogP contribution in [-0.4, -0.2) is 56.5 Å². The largest absolute Gasteiger partial charge is 0.471 e. The SMILES string of the molecule is Cc1nc(/C(N)=C(\COc2cc(-n3cccn3)ncn2)N(C)N)ccc1N1CCCCC1. The van der Waals surface area contributed by atoms with Gasteiger partial charge in [-0.3, -0.25) is 0 Å². The molecule has 4 N–H and O–H groups in total. The molecule has 0 amide bonds. The lowest BCUT2D eigenvalue weighted by atomic mass is 10.1. The Kier molecular flexibility index (Phi) is 6.50. The summed E-state index contributed by atoms with van der Waals surface area (Å²) in [6, 6.07) is 7.55. The van der Waals surface area contributed by atoms with Gasteiger partial charge >= 0.3 is 0 Å². The van der Waals surface area contributed by atoms with Crippen molar-refractivity contribution in [3.8, 4) is 11.7 Å². The minimum absolute atomic E-state index is 0.128. The molecule has 1 aliphatic rings. The van der Waals surface area contributed by atoms with E-state index in [4.69, 9.17) is 21.3 Å². The Hall–Kier alpha value is -3.66. The standard InChI is InChI=1S/C22H29N9O/c1-16-18(30-10-4-3-5-11-30)8-7-17(28-16)22(23)19(29(2)24)14-32-21-13-20(25-15-26-21)31-12-6-9-27-31/h6-9,12-13,15H,3-5,10-11,14,23-24H2,1-2H3/b22-19-. The van der Waals surface area contributed by atoms with E-state index >= 15 is 0 Å². The van der Waals surface area contributed by atoms with E-state index in [0.717, 1.165) is 24.5 Å². The number of hydrazine groups is 1. The zero-order chi connectivity index (χ0) is 22.5. The Labute approximate surface area is 187 Å². The van der Waals surface area contributed by atoms with Gasteiger partial charge in [0.05, 0.1) is 28.5 Å². The van der Waals surface area contributed by atoms with Crippen molar-refractivity contribution in [2.75, 3.05) is 31.6 Å². The number of nitrogens with two attached hydrogens (primary N) is 2. The van der Waals surface area contributed by atoms with Crippen LogP contribution in [0.1, 0.15) is 30.7 Å². The van der Waals surface area contributed by atoms with Crippen molar-refractivity contribution in [3.05, 3.63) is 60.1 Å². The summed E-state index contributed by atoms with van der Waals surface area (Å²) in [6.07, 6.45) is 8.62. The summed E-state index contributed by atoms with van der Waals surface area (Å²) >= 11 is 0. The first kappa shape index (κ1) is 21.6. The molecule has 168 valence electrons. The van der Waals surface area contributed by atoms with Gasteiger partial charge < -0.3 is 20.4 Å². The van der Waals surface area contributed by atoms with Crippen molar-refractivity contribution in [1.29, 1.82) is 0 Å². The number of piperidine rings is 1. The highest BCUT2D eigenvalue weighted by molar-refractivity contribution is 5.65. The van der Waals surface area contributed by atoms with Crippen LogP contribution in [0.3, 0.4) is 0 Å². The van der Waals surface area contributed by atoms with E-state index in [-0.39, 0.29) is 6.61 Å². The second kappa shape index (κ2) is 9.65. The average Bonchev–Trinajstić information content (AvgIpc) is 3.35. The Balaban J connectivity index is 1.53. The summed E-state index contributed by atoms with van der Waals surface area (Å²) in [6.45, 7) is 4.28. The van der Waals surface area contributed by atoms with Crippen LogP contribution in [0.4, 0.5) is 5.69 Å². The highest BCUT2D eigenvalue weighted by Gasteiger charge is 2.17. The van der Waals surface area contributed by atoms with Crippen LogP contribution < -0.4 is 21.2 Å². The minimum atomic E-state index is 0.128. The molecule has 1 saturated heterocycles. The van der Waals surface area contributed by atoms with Crippen molar-refractivity contribution < 1.29 is 4.74 Å². The summed E-state index contributed by atoms with van der Waals surface area (Å²) in [5.41, 5.74) is 10.3. The number of anilines is 1. The van der Waals surface area contributed by atoms with Crippen molar-refractivity contribution >= 4 is 11.4 Å². The quantitative estimate of drug-likeness (QED) is 0.423. The summed E-state index contributed by atoms with van der Waals surface area (Å²) in [5.74, 6) is 7.06. The van der Waals surface area contributed by atoms with Crippen molar-refractivity contribution in [1.82, 2.24) is 29.7 Å². The first-order chi connectivity index (χ1) is 15.5. The molecule has 0 saturated carbocycles. The molecule has 4 heterocycles. The van der Waals surface area contributed by atoms with Crippen LogP contribution >= 0.6 is 0 Å². The molecular formula is C22H29N9O. The number of aromatic nitrogens is 5. The monoisotopic (exact) mass is 435 g/mol. The Morgan fingerprint density at radius 2 is 2.00 bits per heavy atom. The van der Waals surface area contributed by atoms with E-state index in [1.165, 1.54) is 30.6 Å². The van der Waals surface area contributed by atoms with Gasteiger partial charge in [0.15, 0.2) is 5.82 Å². The average molecular weight is 436 g/mol. The highest BCUT2D eigenvalue weighted by atomic mass is 16.5. The van der Waals surface area contributed by atoms with E-state index in [2.05, 4.69) is 26.0 Å². The van der Waals surface area contributed by atoms with Gasteiger partial charge in [-0.15, -0.1) is 0 Å². The Bertz CT molecular complexity index is 1070. The van der Waals surface area contributed by atoms with Gasteiger partial charge in [-0.2, -0.15) is 5.10 Å². The fourth-order valence-electron chi connectivity index (χ4n) is 3.77. The molecule has 3 aromatic rings. The normalized spacial score (nSPS) is 14.8. The predicted molar refractivity (Wildman–Crippen MR) is 123 cm³/mol. The third-order valence-corrected chi connectivity index (χ3v) is 5.49. The zero-order valence-corrected chi connectivity index (χ0v) is 18.5. The molecule has 1 aliphatic heterocycles. The molecule has 0 radical (unpaired) electrons. The fraction of sp³-hybridized carbons (Fsp3) is 0.364. The summed E-state index contributed by atoms with van der Waals surface area (Å²) in [4.78, 5) is 15.5. The van der Waals surface area contributed by atoms with E-state index < -0.39 is 0 Å². The second-order valence-corrected chi connectivity index (χ2v) is 7.77. The van der Waals surface area contributed by atoms with Crippen LogP contribution in [-0.2, 0) is 0 Å². The van der Waals surface area contributed by atoms with E-state index in [1.54, 1.807) is 30.2 Å². The van der Waals surface area contributed by atoms with Crippen molar-refractivity contribution in [2.45, 2.75) is 26.2 Å². The lowest BCUT2D eigenvalue weighted by Gasteiger charge is -2.30. The molecule has 4 rings (SSSR count). The van der Waals surface area contributed by atoms with Crippen LogP contribution in [0.5, 0.6) is 5.88 Å². The lowest BCUT2D eigenvalue weighted by molar-refractivity contribution is 0.286. The molecule has 0 aromatic carbocycles. The van der Waals surface area contributed by atoms with Crippen LogP contribution in [0.15, 0.2) is 48.7 Å². The number of hydrogen-bond donors (Lipinski definition) is 2. The van der Waals surface area contributed by atoms with Gasteiger partial charge in [0.1, 0.15) is 12.9 Å². The maximum Gasteiger partial charge on any atom is 0.218 e. The molecule has 0 bridgehead atoms. The van der Waals surface area contributed by atoms with Gasteiger partial charge in [0, 0.05) is 38.6 Å². The molecule has 10 heteroatoms. The number of hydrogen-bond acceptors (Lipinski definition) is 9. The number of aryl methyl sites for hydroxylation is 1. The maximum absolute atomic E-state index is 6.46. The summed E-state index contributed by atoms with van der Waals surface area (Å²) < 4.78 is 7.50. The van der Waals surface area contributed by atoms with Gasteiger partial charge in [-0.25, -0.2) is 25.5 Å². The summed E-state index contributed by atoms with van der Waals surface area (Å²) in [7, 11) is 1.72. The van der Waals surface area contributed by atoms with Gasteiger partial charge in [0.2, 0.25) is 5.88 Å². The molecule has 0 unspecified atom stereocenters. The molecule has 32 heavy (non-hydrogen) atoms. The Morgan fingerprint density at radius 1 is 1.19 bits per heavy atom. The first-order valence-electron chi connectivity index (χ1n) is 10.7. The molecule has 10 nitrogen and oxygen atoms in total. The predicted octanol–water partition coefficient (Wildman–Crippen LogP) is 1.87. The van der Waals surface area contributed by atoms with E-state index in [9.17, 15) is 0 Å². The van der Waals surface area contributed by atoms with Crippen LogP contribution in [0.25, 0.3) is 11.5 Å². The van der Waals surface area contributed by atoms with Crippen molar-refractivity contribution in [2.24, 2.45) is 11.6 Å². The minimum Gasteiger partial charge on any atom is -0.471 e. The topological polar surface area (TPSA) is 124 Å². The van der Waals surface area contributed by atoms with Gasteiger partial charge in [-0.05, 0) is 44.4 Å². The molecule has 1 fully saturated rings. The molecular weight excluding hydrogens is 406 g/mol.